The summed E-state index contributed by atoms with van der Waals surface area (Å²) in [6.45, 7) is 1.68. The molecule has 1 aromatic rings. The Morgan fingerprint density at radius 2 is 1.93 bits per heavy atom. The van der Waals surface area contributed by atoms with Gasteiger partial charge in [0.05, 0.1) is 18.8 Å². The summed E-state index contributed by atoms with van der Waals surface area (Å²) >= 11 is 0. The molecule has 2 heterocycles. The standard InChI is InChI=1S/C12H14O2/c1-2-4-9(5-3-1)10-8-14-11-6-7-13-12(10)11/h1-5,10-12H,6-8H2. The van der Waals surface area contributed by atoms with Crippen molar-refractivity contribution in [1.82, 2.24) is 0 Å². The molecule has 0 spiro atoms. The number of fused-ring (bicyclic) bond motifs is 1. The van der Waals surface area contributed by atoms with Crippen LogP contribution in [0.15, 0.2) is 30.3 Å². The predicted molar refractivity (Wildman–Crippen MR) is 53.3 cm³/mol. The van der Waals surface area contributed by atoms with E-state index in [1.165, 1.54) is 5.56 Å². The van der Waals surface area contributed by atoms with E-state index in [0.29, 0.717) is 18.1 Å². The molecule has 2 aliphatic heterocycles. The number of benzene rings is 1. The van der Waals surface area contributed by atoms with Crippen molar-refractivity contribution in [1.29, 1.82) is 0 Å². The van der Waals surface area contributed by atoms with Gasteiger partial charge in [-0.25, -0.2) is 0 Å². The van der Waals surface area contributed by atoms with Crippen LogP contribution in [0.3, 0.4) is 0 Å². The van der Waals surface area contributed by atoms with Crippen molar-refractivity contribution >= 4 is 0 Å². The summed E-state index contributed by atoms with van der Waals surface area (Å²) in [5, 5.41) is 0. The third-order valence-electron chi connectivity index (χ3n) is 3.19. The Hall–Kier alpha value is -0.860. The highest BCUT2D eigenvalue weighted by molar-refractivity contribution is 5.23. The lowest BCUT2D eigenvalue weighted by Crippen LogP contribution is -2.20. The predicted octanol–water partition coefficient (Wildman–Crippen LogP) is 1.96. The van der Waals surface area contributed by atoms with Crippen molar-refractivity contribution in [2.75, 3.05) is 13.2 Å². The smallest absolute Gasteiger partial charge is 0.0927 e. The Kier molecular flexibility index (Phi) is 2.03. The molecule has 0 radical (unpaired) electrons. The Morgan fingerprint density at radius 3 is 2.79 bits per heavy atom. The second-order valence-electron chi connectivity index (χ2n) is 4.01. The minimum atomic E-state index is 0.303. The molecule has 2 fully saturated rings. The third kappa shape index (κ3) is 1.26. The van der Waals surface area contributed by atoms with Crippen LogP contribution in [0.2, 0.25) is 0 Å². The summed E-state index contributed by atoms with van der Waals surface area (Å²) in [5.74, 6) is 0.448. The third-order valence-corrected chi connectivity index (χ3v) is 3.19. The van der Waals surface area contributed by atoms with Gasteiger partial charge in [0.1, 0.15) is 0 Å². The lowest BCUT2D eigenvalue weighted by Gasteiger charge is -2.15. The molecule has 2 saturated heterocycles. The fourth-order valence-corrected chi connectivity index (χ4v) is 2.45. The minimum Gasteiger partial charge on any atom is -0.375 e. The molecular weight excluding hydrogens is 176 g/mol. The van der Waals surface area contributed by atoms with E-state index in [9.17, 15) is 0 Å². The zero-order valence-corrected chi connectivity index (χ0v) is 8.06. The van der Waals surface area contributed by atoms with Crippen LogP contribution < -0.4 is 0 Å². The van der Waals surface area contributed by atoms with Gasteiger partial charge in [-0.05, 0) is 12.0 Å². The van der Waals surface area contributed by atoms with Gasteiger partial charge in [0.25, 0.3) is 0 Å². The summed E-state index contributed by atoms with van der Waals surface area (Å²) in [6.07, 6.45) is 1.71. The Labute approximate surface area is 83.8 Å². The van der Waals surface area contributed by atoms with Gasteiger partial charge in [0.15, 0.2) is 0 Å². The van der Waals surface area contributed by atoms with E-state index in [1.54, 1.807) is 0 Å². The van der Waals surface area contributed by atoms with E-state index in [-0.39, 0.29) is 0 Å². The molecule has 74 valence electrons. The molecule has 3 atom stereocenters. The van der Waals surface area contributed by atoms with Crippen molar-refractivity contribution in [2.24, 2.45) is 0 Å². The van der Waals surface area contributed by atoms with Crippen LogP contribution in [-0.4, -0.2) is 25.4 Å². The highest BCUT2D eigenvalue weighted by atomic mass is 16.6. The van der Waals surface area contributed by atoms with E-state index in [0.717, 1.165) is 19.6 Å². The average molecular weight is 190 g/mol. The first-order chi connectivity index (χ1) is 6.95. The van der Waals surface area contributed by atoms with Crippen LogP contribution in [0.25, 0.3) is 0 Å². The van der Waals surface area contributed by atoms with Crippen molar-refractivity contribution in [3.63, 3.8) is 0 Å². The molecule has 2 heteroatoms. The zero-order valence-electron chi connectivity index (χ0n) is 8.06. The quantitative estimate of drug-likeness (QED) is 0.674. The maximum atomic E-state index is 5.72. The highest BCUT2D eigenvalue weighted by Crippen LogP contribution is 2.36. The van der Waals surface area contributed by atoms with E-state index < -0.39 is 0 Å². The first kappa shape index (κ1) is 8.45. The summed E-state index contributed by atoms with van der Waals surface area (Å²) in [6, 6.07) is 10.5. The molecule has 0 saturated carbocycles. The van der Waals surface area contributed by atoms with Gasteiger partial charge in [0.2, 0.25) is 0 Å². The Morgan fingerprint density at radius 1 is 1.07 bits per heavy atom. The SMILES string of the molecule is c1ccc(C2COC3CCOC32)cc1. The fourth-order valence-electron chi connectivity index (χ4n) is 2.45. The molecule has 3 unspecified atom stereocenters. The molecule has 2 aliphatic rings. The fraction of sp³-hybridized carbons (Fsp3) is 0.500. The summed E-state index contributed by atoms with van der Waals surface area (Å²) < 4.78 is 11.4. The molecule has 0 bridgehead atoms. The molecule has 0 aliphatic carbocycles. The van der Waals surface area contributed by atoms with Gasteiger partial charge < -0.3 is 9.47 Å². The van der Waals surface area contributed by atoms with E-state index in [4.69, 9.17) is 9.47 Å². The first-order valence-electron chi connectivity index (χ1n) is 5.23. The second kappa shape index (κ2) is 3.37. The molecule has 0 N–H and O–H groups in total. The summed E-state index contributed by atoms with van der Waals surface area (Å²) in [5.41, 5.74) is 1.35. The maximum absolute atomic E-state index is 5.72. The monoisotopic (exact) mass is 190 g/mol. The van der Waals surface area contributed by atoms with Crippen molar-refractivity contribution in [3.05, 3.63) is 35.9 Å². The van der Waals surface area contributed by atoms with Gasteiger partial charge in [-0.1, -0.05) is 30.3 Å². The summed E-state index contributed by atoms with van der Waals surface area (Å²) in [7, 11) is 0. The molecule has 14 heavy (non-hydrogen) atoms. The minimum absolute atomic E-state index is 0.303. The van der Waals surface area contributed by atoms with Crippen LogP contribution >= 0.6 is 0 Å². The zero-order chi connectivity index (χ0) is 9.38. The van der Waals surface area contributed by atoms with Gasteiger partial charge in [-0.15, -0.1) is 0 Å². The molecule has 1 aromatic carbocycles. The van der Waals surface area contributed by atoms with Crippen molar-refractivity contribution < 1.29 is 9.47 Å². The largest absolute Gasteiger partial charge is 0.375 e. The van der Waals surface area contributed by atoms with Crippen LogP contribution in [0.5, 0.6) is 0 Å². The van der Waals surface area contributed by atoms with Gasteiger partial charge in [0, 0.05) is 12.5 Å². The van der Waals surface area contributed by atoms with Crippen molar-refractivity contribution in [2.45, 2.75) is 24.5 Å². The molecular formula is C12H14O2. The van der Waals surface area contributed by atoms with Gasteiger partial charge >= 0.3 is 0 Å². The molecule has 2 nitrogen and oxygen atoms in total. The number of ether oxygens (including phenoxy) is 2. The molecule has 0 amide bonds. The molecule has 3 rings (SSSR count). The maximum Gasteiger partial charge on any atom is 0.0927 e. The Bertz CT molecular complexity index is 309. The van der Waals surface area contributed by atoms with E-state index in [2.05, 4.69) is 24.3 Å². The van der Waals surface area contributed by atoms with Crippen molar-refractivity contribution in [3.8, 4) is 0 Å². The highest BCUT2D eigenvalue weighted by Gasteiger charge is 2.42. The van der Waals surface area contributed by atoms with Gasteiger partial charge in [-0.3, -0.25) is 0 Å². The van der Waals surface area contributed by atoms with Gasteiger partial charge in [-0.2, -0.15) is 0 Å². The van der Waals surface area contributed by atoms with Crippen LogP contribution in [0.1, 0.15) is 17.9 Å². The van der Waals surface area contributed by atoms with E-state index in [1.807, 2.05) is 6.07 Å². The Balaban J connectivity index is 1.86. The topological polar surface area (TPSA) is 18.5 Å². The molecule has 0 aromatic heterocycles. The lowest BCUT2D eigenvalue weighted by atomic mass is 9.94. The second-order valence-corrected chi connectivity index (χ2v) is 4.01. The normalized spacial score (nSPS) is 35.9. The number of hydrogen-bond acceptors (Lipinski definition) is 2. The van der Waals surface area contributed by atoms with Crippen LogP contribution in [-0.2, 0) is 9.47 Å². The average Bonchev–Trinajstić information content (AvgIpc) is 2.79. The van der Waals surface area contributed by atoms with Crippen LogP contribution in [0, 0.1) is 0 Å². The van der Waals surface area contributed by atoms with Crippen LogP contribution in [0.4, 0.5) is 0 Å². The number of hydrogen-bond donors (Lipinski definition) is 0. The van der Waals surface area contributed by atoms with E-state index >= 15 is 0 Å². The lowest BCUT2D eigenvalue weighted by molar-refractivity contribution is 0.0705. The number of rotatable bonds is 1. The first-order valence-corrected chi connectivity index (χ1v) is 5.23. The summed E-state index contributed by atoms with van der Waals surface area (Å²) in [4.78, 5) is 0.